The monoisotopic (exact) mass is 378 g/mol. The van der Waals surface area contributed by atoms with Gasteiger partial charge in [-0.15, -0.1) is 0 Å². The molecule has 2 N–H and O–H groups in total. The van der Waals surface area contributed by atoms with Gasteiger partial charge in [0.15, 0.2) is 5.13 Å². The highest BCUT2D eigenvalue weighted by atomic mass is 32.1. The summed E-state index contributed by atoms with van der Waals surface area (Å²) < 4.78 is 0. The molecule has 0 unspecified atom stereocenters. The number of fused-ring (bicyclic) bond motifs is 1. The second-order valence-corrected chi connectivity index (χ2v) is 7.75. The minimum Gasteiger partial charge on any atom is -0.365 e. The molecule has 0 saturated heterocycles. The molecule has 1 aromatic heterocycles. The number of aromatic nitrogens is 1. The Morgan fingerprint density at radius 1 is 1.15 bits per heavy atom. The molecule has 0 radical (unpaired) electrons. The number of nitrogens with zero attached hydrogens (tertiary/aromatic N) is 2. The predicted octanol–water partition coefficient (Wildman–Crippen LogP) is 4.26. The molecule has 0 fully saturated rings. The molecule has 1 aliphatic heterocycles. The smallest absolute Gasteiger partial charge is 0.267 e. The van der Waals surface area contributed by atoms with Crippen LogP contribution in [0.3, 0.4) is 0 Å². The zero-order chi connectivity index (χ0) is 18.8. The maximum absolute atomic E-state index is 12.6. The van der Waals surface area contributed by atoms with Gasteiger partial charge in [0.05, 0.1) is 5.69 Å². The fraction of sp³-hybridized carbons (Fsp3) is 0.238. The van der Waals surface area contributed by atoms with Crippen molar-refractivity contribution in [3.05, 3.63) is 75.8 Å². The molecule has 4 rings (SSSR count). The molecule has 138 valence electrons. The minimum absolute atomic E-state index is 0.106. The fourth-order valence-corrected chi connectivity index (χ4v) is 4.21. The van der Waals surface area contributed by atoms with E-state index in [-0.39, 0.29) is 5.91 Å². The van der Waals surface area contributed by atoms with E-state index < -0.39 is 0 Å². The van der Waals surface area contributed by atoms with Crippen LogP contribution in [0.2, 0.25) is 0 Å². The summed E-state index contributed by atoms with van der Waals surface area (Å²) in [5.41, 5.74) is 5.51. The van der Waals surface area contributed by atoms with E-state index >= 15 is 0 Å². The summed E-state index contributed by atoms with van der Waals surface area (Å²) in [6, 6.07) is 16.7. The van der Waals surface area contributed by atoms with E-state index in [1.54, 1.807) is 0 Å². The Morgan fingerprint density at radius 3 is 2.67 bits per heavy atom. The zero-order valence-corrected chi connectivity index (χ0v) is 16.3. The van der Waals surface area contributed by atoms with Crippen LogP contribution in [0.5, 0.6) is 0 Å². The molecule has 0 aliphatic carbocycles. The fourth-order valence-electron chi connectivity index (χ4n) is 3.40. The van der Waals surface area contributed by atoms with Crippen molar-refractivity contribution in [3.63, 3.8) is 0 Å². The number of carbonyl (C=O) groups excluding carboxylic acids is 1. The quantitative estimate of drug-likeness (QED) is 0.696. The van der Waals surface area contributed by atoms with Crippen molar-refractivity contribution in [2.45, 2.75) is 26.6 Å². The second kappa shape index (κ2) is 7.50. The van der Waals surface area contributed by atoms with Crippen molar-refractivity contribution in [1.82, 2.24) is 9.88 Å². The van der Waals surface area contributed by atoms with Gasteiger partial charge in [-0.3, -0.25) is 9.69 Å². The van der Waals surface area contributed by atoms with Gasteiger partial charge in [0.25, 0.3) is 5.91 Å². The van der Waals surface area contributed by atoms with E-state index in [1.165, 1.54) is 28.0 Å². The number of rotatable bonds is 5. The number of anilines is 2. The second-order valence-electron chi connectivity index (χ2n) is 6.75. The molecular formula is C21H22N4OS. The van der Waals surface area contributed by atoms with Crippen molar-refractivity contribution in [3.8, 4) is 0 Å². The van der Waals surface area contributed by atoms with E-state index in [1.807, 2.05) is 26.1 Å². The number of aryl methyl sites for hydroxylation is 1. The topological polar surface area (TPSA) is 57.3 Å². The number of nitrogens with one attached hydrogen (secondary N) is 2. The largest absolute Gasteiger partial charge is 0.365 e. The van der Waals surface area contributed by atoms with Crippen LogP contribution in [-0.2, 0) is 19.6 Å². The number of hydrogen-bond acceptors (Lipinski definition) is 5. The van der Waals surface area contributed by atoms with Gasteiger partial charge in [-0.25, -0.2) is 4.98 Å². The van der Waals surface area contributed by atoms with Crippen molar-refractivity contribution >= 4 is 28.1 Å². The van der Waals surface area contributed by atoms with Gasteiger partial charge in [0, 0.05) is 32.4 Å². The summed E-state index contributed by atoms with van der Waals surface area (Å²) in [5.74, 6) is -0.106. The first-order valence-corrected chi connectivity index (χ1v) is 9.78. The maximum Gasteiger partial charge on any atom is 0.267 e. The number of thiazole rings is 1. The first-order valence-electron chi connectivity index (χ1n) is 8.97. The van der Waals surface area contributed by atoms with Crippen LogP contribution in [0.1, 0.15) is 32.1 Å². The molecule has 0 atom stereocenters. The highest BCUT2D eigenvalue weighted by Crippen LogP contribution is 2.28. The highest BCUT2D eigenvalue weighted by Gasteiger charge is 2.20. The summed E-state index contributed by atoms with van der Waals surface area (Å²) in [5, 5.41) is 6.76. The molecule has 5 nitrogen and oxygen atoms in total. The number of benzene rings is 2. The summed E-state index contributed by atoms with van der Waals surface area (Å²) >= 11 is 1.37. The molecule has 1 amide bonds. The highest BCUT2D eigenvalue weighted by molar-refractivity contribution is 7.17. The first kappa shape index (κ1) is 17.7. The van der Waals surface area contributed by atoms with Gasteiger partial charge >= 0.3 is 0 Å². The van der Waals surface area contributed by atoms with E-state index in [0.29, 0.717) is 4.88 Å². The lowest BCUT2D eigenvalue weighted by Gasteiger charge is -2.14. The Morgan fingerprint density at radius 2 is 1.93 bits per heavy atom. The normalized spacial score (nSPS) is 13.4. The van der Waals surface area contributed by atoms with Gasteiger partial charge in [0.2, 0.25) is 0 Å². The van der Waals surface area contributed by atoms with Crippen molar-refractivity contribution < 1.29 is 4.79 Å². The first-order chi connectivity index (χ1) is 13.1. The molecule has 0 bridgehead atoms. The lowest BCUT2D eigenvalue weighted by molar-refractivity contribution is 0.103. The number of hydrogen-bond donors (Lipinski definition) is 2. The van der Waals surface area contributed by atoms with Crippen LogP contribution < -0.4 is 10.6 Å². The third-order valence-corrected chi connectivity index (χ3v) is 5.89. The van der Waals surface area contributed by atoms with E-state index in [9.17, 15) is 4.79 Å². The average molecular weight is 379 g/mol. The van der Waals surface area contributed by atoms with Crippen molar-refractivity contribution in [2.75, 3.05) is 17.7 Å². The Kier molecular flexibility index (Phi) is 4.92. The molecule has 3 aromatic rings. The Labute approximate surface area is 163 Å². The van der Waals surface area contributed by atoms with E-state index in [4.69, 9.17) is 0 Å². The SMILES string of the molecule is CNc1nc(C)c(C(=O)Nc2ccc3c(c2)CN(Cc2ccccc2)C3)s1. The van der Waals surface area contributed by atoms with E-state index in [2.05, 4.69) is 56.9 Å². The van der Waals surface area contributed by atoms with Gasteiger partial charge in [-0.1, -0.05) is 47.7 Å². The van der Waals surface area contributed by atoms with Crippen LogP contribution in [0.15, 0.2) is 48.5 Å². The standard InChI is InChI=1S/C21H22N4OS/c1-14-19(27-21(22-2)23-14)20(26)24-18-9-8-16-12-25(13-17(16)10-18)11-15-6-4-3-5-7-15/h3-10H,11-13H2,1-2H3,(H,22,23)(H,24,26). The predicted molar refractivity (Wildman–Crippen MR) is 110 cm³/mol. The summed E-state index contributed by atoms with van der Waals surface area (Å²) in [7, 11) is 1.81. The summed E-state index contributed by atoms with van der Waals surface area (Å²) in [6.07, 6.45) is 0. The van der Waals surface area contributed by atoms with Crippen LogP contribution in [0.4, 0.5) is 10.8 Å². The Bertz CT molecular complexity index is 968. The van der Waals surface area contributed by atoms with Gasteiger partial charge in [0.1, 0.15) is 4.88 Å². The molecule has 0 saturated carbocycles. The number of carbonyl (C=O) groups is 1. The molecule has 6 heteroatoms. The van der Waals surface area contributed by atoms with Crippen molar-refractivity contribution in [1.29, 1.82) is 0 Å². The molecule has 0 spiro atoms. The third-order valence-electron chi connectivity index (χ3n) is 4.72. The molecule has 1 aliphatic rings. The number of amides is 1. The minimum atomic E-state index is -0.106. The summed E-state index contributed by atoms with van der Waals surface area (Å²) in [4.78, 5) is 20.0. The lowest BCUT2D eigenvalue weighted by atomic mass is 10.1. The van der Waals surface area contributed by atoms with Gasteiger partial charge in [-0.05, 0) is 35.7 Å². The molecule has 2 aromatic carbocycles. The summed E-state index contributed by atoms with van der Waals surface area (Å²) in [6.45, 7) is 4.63. The van der Waals surface area contributed by atoms with Crippen LogP contribution >= 0.6 is 11.3 Å². The Balaban J connectivity index is 1.44. The van der Waals surface area contributed by atoms with E-state index in [0.717, 1.165) is 36.1 Å². The van der Waals surface area contributed by atoms with Gasteiger partial charge < -0.3 is 10.6 Å². The van der Waals surface area contributed by atoms with Crippen LogP contribution in [0.25, 0.3) is 0 Å². The maximum atomic E-state index is 12.6. The molecule has 27 heavy (non-hydrogen) atoms. The molecule has 2 heterocycles. The van der Waals surface area contributed by atoms with Crippen molar-refractivity contribution in [2.24, 2.45) is 0 Å². The van der Waals surface area contributed by atoms with Crippen LogP contribution in [-0.4, -0.2) is 22.8 Å². The zero-order valence-electron chi connectivity index (χ0n) is 15.5. The van der Waals surface area contributed by atoms with Crippen LogP contribution in [0, 0.1) is 6.92 Å². The molecular weight excluding hydrogens is 356 g/mol. The lowest BCUT2D eigenvalue weighted by Crippen LogP contribution is -2.15. The third kappa shape index (κ3) is 3.86. The Hall–Kier alpha value is -2.70. The van der Waals surface area contributed by atoms with Gasteiger partial charge in [-0.2, -0.15) is 0 Å². The average Bonchev–Trinajstić information content (AvgIpc) is 3.24.